The zero-order chi connectivity index (χ0) is 42.7. The lowest BCUT2D eigenvalue weighted by Gasteiger charge is -2.46. The first-order valence-electron chi connectivity index (χ1n) is 22.6. The molecule has 61 heavy (non-hydrogen) atoms. The highest BCUT2D eigenvalue weighted by atomic mass is 16.6. The van der Waals surface area contributed by atoms with Gasteiger partial charge in [0, 0.05) is 32.2 Å². The quantitative estimate of drug-likeness (QED) is 0.0950. The van der Waals surface area contributed by atoms with E-state index in [1.54, 1.807) is 4.90 Å². The molecule has 0 spiro atoms. The number of benzene rings is 5. The van der Waals surface area contributed by atoms with Crippen molar-refractivity contribution in [1.29, 1.82) is 0 Å². The minimum absolute atomic E-state index is 0.314. The van der Waals surface area contributed by atoms with E-state index in [9.17, 15) is 5.11 Å². The average molecular weight is 822 g/mol. The Hall–Kier alpha value is -4.79. The van der Waals surface area contributed by atoms with Crippen LogP contribution >= 0.6 is 0 Å². The molecule has 0 unspecified atom stereocenters. The Morgan fingerprint density at radius 3 is 1.41 bits per heavy atom. The number of aliphatic hydroxyl groups excluding tert-OH is 1. The third kappa shape index (κ3) is 12.0. The fourth-order valence-electron chi connectivity index (χ4n) is 9.87. The summed E-state index contributed by atoms with van der Waals surface area (Å²) in [5.74, 6) is 0.432. The summed E-state index contributed by atoms with van der Waals surface area (Å²) in [6, 6.07) is 52.0. The number of carbonyl (C=O) groups excluding carboxylic acids is 1. The highest BCUT2D eigenvalue weighted by Crippen LogP contribution is 2.38. The van der Waals surface area contributed by atoms with Gasteiger partial charge in [-0.25, -0.2) is 4.79 Å². The molecule has 2 aliphatic rings. The molecule has 322 valence electrons. The molecular formula is C54H67N3O4. The van der Waals surface area contributed by atoms with Gasteiger partial charge in [0.2, 0.25) is 0 Å². The summed E-state index contributed by atoms with van der Waals surface area (Å²) in [6.45, 7) is 10.8. The molecule has 7 rings (SSSR count). The molecule has 0 bridgehead atoms. The summed E-state index contributed by atoms with van der Waals surface area (Å²) in [7, 11) is 0. The van der Waals surface area contributed by atoms with Crippen LogP contribution in [0.15, 0.2) is 152 Å². The molecule has 7 nitrogen and oxygen atoms in total. The van der Waals surface area contributed by atoms with Gasteiger partial charge in [-0.3, -0.25) is 14.7 Å². The van der Waals surface area contributed by atoms with E-state index in [-0.39, 0.29) is 6.04 Å². The van der Waals surface area contributed by atoms with Crippen LogP contribution in [0.2, 0.25) is 0 Å². The van der Waals surface area contributed by atoms with Crippen LogP contribution in [0.4, 0.5) is 4.79 Å². The third-order valence-corrected chi connectivity index (χ3v) is 12.9. The molecule has 1 aliphatic carbocycles. The molecule has 1 saturated heterocycles. The maximum Gasteiger partial charge on any atom is 0.413 e. The van der Waals surface area contributed by atoms with Gasteiger partial charge in [0.25, 0.3) is 0 Å². The molecule has 5 aromatic carbocycles. The summed E-state index contributed by atoms with van der Waals surface area (Å²) < 4.78 is 13.3. The van der Waals surface area contributed by atoms with E-state index >= 15 is 4.79 Å². The zero-order valence-corrected chi connectivity index (χ0v) is 36.8. The largest absolute Gasteiger partial charge is 0.442 e. The third-order valence-electron chi connectivity index (χ3n) is 12.9. The molecule has 4 atom stereocenters. The van der Waals surface area contributed by atoms with Gasteiger partial charge in [-0.2, -0.15) is 0 Å². The van der Waals surface area contributed by atoms with Gasteiger partial charge >= 0.3 is 6.09 Å². The van der Waals surface area contributed by atoms with E-state index in [1.807, 2.05) is 45.9 Å². The summed E-state index contributed by atoms with van der Waals surface area (Å²) in [4.78, 5) is 21.8. The Labute approximate surface area is 365 Å². The van der Waals surface area contributed by atoms with Crippen LogP contribution in [0, 0.1) is 5.92 Å². The fourth-order valence-corrected chi connectivity index (χ4v) is 9.87. The van der Waals surface area contributed by atoms with Crippen LogP contribution in [0.3, 0.4) is 0 Å². The van der Waals surface area contributed by atoms with E-state index in [0.717, 1.165) is 36.0 Å². The Bertz CT molecular complexity index is 1940. The Kier molecular flexibility index (Phi) is 15.1. The van der Waals surface area contributed by atoms with Gasteiger partial charge in [-0.15, -0.1) is 0 Å². The van der Waals surface area contributed by atoms with Crippen molar-refractivity contribution < 1.29 is 19.4 Å². The number of aliphatic hydroxyl groups is 1. The van der Waals surface area contributed by atoms with Crippen molar-refractivity contribution in [2.75, 3.05) is 6.61 Å². The summed E-state index contributed by atoms with van der Waals surface area (Å²) in [6.07, 6.45) is 4.80. The SMILES string of the molecule is CC1(C)COC(C)(C)N1C(=O)O[C@H]([C@@H](O)[C@H](Cc1ccccc1)N(Cc1ccccc1)Cc1ccccc1)[C@H](CC1CCCCC1)N(Cc1ccccc1)Cc1ccccc1. The maximum atomic E-state index is 15.1. The van der Waals surface area contributed by atoms with Crippen molar-refractivity contribution in [3.63, 3.8) is 0 Å². The fraction of sp³-hybridized carbons (Fsp3) is 0.426. The zero-order valence-electron chi connectivity index (χ0n) is 36.8. The standard InChI is InChI=1S/C54H67N3O4/c1-53(2)41-60-54(3,4)57(53)52(59)61-51(49(36-43-25-13-6-14-26-43)56(39-46-31-19-9-20-32-46)40-47-33-21-10-22-34-47)50(58)48(35-42-23-11-5-12-24-42)55(37-44-27-15-7-16-28-44)38-45-29-17-8-18-30-45/h5,7-12,15-24,27-34,43,48-51,58H,6,13-14,25-26,35-41H2,1-4H3/t48-,49-,50-,51-/m0/s1. The number of amides is 1. The Morgan fingerprint density at radius 2 is 1.02 bits per heavy atom. The predicted octanol–water partition coefficient (Wildman–Crippen LogP) is 11.1. The molecule has 5 aromatic rings. The minimum atomic E-state index is -1.08. The molecule has 0 aromatic heterocycles. The lowest BCUT2D eigenvalue weighted by atomic mass is 9.81. The van der Waals surface area contributed by atoms with Crippen LogP contribution < -0.4 is 0 Å². The van der Waals surface area contributed by atoms with E-state index in [0.29, 0.717) is 45.1 Å². The lowest BCUT2D eigenvalue weighted by molar-refractivity contribution is -0.113. The van der Waals surface area contributed by atoms with E-state index in [4.69, 9.17) is 9.47 Å². The number of hydrogen-bond donors (Lipinski definition) is 1. The second kappa shape index (κ2) is 20.9. The Balaban J connectivity index is 1.39. The summed E-state index contributed by atoms with van der Waals surface area (Å²) in [5.41, 5.74) is 4.28. The number of rotatable bonds is 18. The molecule has 0 radical (unpaired) electrons. The molecular weight excluding hydrogens is 755 g/mol. The van der Waals surface area contributed by atoms with Crippen LogP contribution in [-0.4, -0.2) is 68.1 Å². The van der Waals surface area contributed by atoms with Gasteiger partial charge in [0.15, 0.2) is 0 Å². The van der Waals surface area contributed by atoms with Gasteiger partial charge in [-0.1, -0.05) is 184 Å². The lowest BCUT2D eigenvalue weighted by Crippen LogP contribution is -2.60. The van der Waals surface area contributed by atoms with Crippen molar-refractivity contribution in [2.24, 2.45) is 5.92 Å². The summed E-state index contributed by atoms with van der Waals surface area (Å²) >= 11 is 0. The monoisotopic (exact) mass is 822 g/mol. The highest BCUT2D eigenvalue weighted by Gasteiger charge is 2.52. The molecule has 1 N–H and O–H groups in total. The van der Waals surface area contributed by atoms with Gasteiger partial charge in [-0.05, 0) is 74.3 Å². The van der Waals surface area contributed by atoms with E-state index in [1.165, 1.54) is 30.4 Å². The van der Waals surface area contributed by atoms with Crippen molar-refractivity contribution >= 4 is 6.09 Å². The first kappa shape index (κ1) is 44.3. The second-order valence-corrected chi connectivity index (χ2v) is 18.5. The van der Waals surface area contributed by atoms with E-state index < -0.39 is 35.6 Å². The van der Waals surface area contributed by atoms with Crippen LogP contribution in [0.25, 0.3) is 0 Å². The minimum Gasteiger partial charge on any atom is -0.442 e. The van der Waals surface area contributed by atoms with Crippen molar-refractivity contribution in [3.05, 3.63) is 179 Å². The van der Waals surface area contributed by atoms with Gasteiger partial charge in [0.1, 0.15) is 17.9 Å². The molecule has 1 aliphatic heterocycles. The molecule has 1 heterocycles. The maximum absolute atomic E-state index is 15.1. The van der Waals surface area contributed by atoms with E-state index in [2.05, 4.69) is 143 Å². The smallest absolute Gasteiger partial charge is 0.413 e. The van der Waals surface area contributed by atoms with Crippen molar-refractivity contribution in [2.45, 2.75) is 134 Å². The second-order valence-electron chi connectivity index (χ2n) is 18.5. The predicted molar refractivity (Wildman–Crippen MR) is 245 cm³/mol. The summed E-state index contributed by atoms with van der Waals surface area (Å²) in [5, 5.41) is 13.7. The molecule has 7 heteroatoms. The van der Waals surface area contributed by atoms with Gasteiger partial charge < -0.3 is 14.6 Å². The number of hydrogen-bond acceptors (Lipinski definition) is 6. The molecule has 1 amide bonds. The number of carbonyl (C=O) groups is 1. The van der Waals surface area contributed by atoms with Crippen molar-refractivity contribution in [1.82, 2.24) is 14.7 Å². The van der Waals surface area contributed by atoms with Crippen LogP contribution in [0.1, 0.15) is 94.0 Å². The Morgan fingerprint density at radius 1 is 0.623 bits per heavy atom. The first-order chi connectivity index (χ1) is 29.6. The molecule has 2 fully saturated rings. The molecule has 1 saturated carbocycles. The normalized spacial score (nSPS) is 18.4. The van der Waals surface area contributed by atoms with Crippen molar-refractivity contribution in [3.8, 4) is 0 Å². The topological polar surface area (TPSA) is 65.5 Å². The van der Waals surface area contributed by atoms with Crippen LogP contribution in [-0.2, 0) is 42.1 Å². The number of nitrogens with zero attached hydrogens (tertiary/aromatic N) is 3. The first-order valence-corrected chi connectivity index (χ1v) is 22.6. The van der Waals surface area contributed by atoms with Crippen LogP contribution in [0.5, 0.6) is 0 Å². The number of ether oxygens (including phenoxy) is 2. The average Bonchev–Trinajstić information content (AvgIpc) is 3.51. The highest BCUT2D eigenvalue weighted by molar-refractivity contribution is 5.70. The van der Waals surface area contributed by atoms with Gasteiger partial charge in [0.05, 0.1) is 18.2 Å².